The van der Waals surface area contributed by atoms with Crippen molar-refractivity contribution in [2.75, 3.05) is 38.0 Å². The SMILES string of the molecule is C=CC(=O)N1CCN([C@@H]2CCNc3c2nn(-c2ccc(Oc4cccc(F)c4)cc2)c3C(N)=O)CC1. The highest BCUT2D eigenvalue weighted by Gasteiger charge is 2.35. The summed E-state index contributed by atoms with van der Waals surface area (Å²) in [7, 11) is 0. The molecule has 0 unspecified atom stereocenters. The van der Waals surface area contributed by atoms with Gasteiger partial charge in [0.1, 0.15) is 23.0 Å². The third kappa shape index (κ3) is 4.55. The standard InChI is InChI=1S/C26H27FN6O3/c1-2-22(34)32-14-12-31(13-15-32)21-10-11-29-24-23(21)30-33(25(24)26(28)35)18-6-8-19(9-7-18)36-20-5-3-4-17(27)16-20/h2-9,16,21,29H,1,10-15H2,(H2,28,35)/t21-/m1/s1. The summed E-state index contributed by atoms with van der Waals surface area (Å²) >= 11 is 0. The molecule has 9 nitrogen and oxygen atoms in total. The molecule has 3 aromatic rings. The van der Waals surface area contributed by atoms with Crippen LogP contribution in [0.5, 0.6) is 11.5 Å². The summed E-state index contributed by atoms with van der Waals surface area (Å²) in [5.41, 5.74) is 8.13. The second-order valence-corrected chi connectivity index (χ2v) is 8.73. The number of nitrogens with two attached hydrogens (primary N) is 1. The summed E-state index contributed by atoms with van der Waals surface area (Å²) in [5, 5.41) is 8.13. The second-order valence-electron chi connectivity index (χ2n) is 8.73. The summed E-state index contributed by atoms with van der Waals surface area (Å²) in [6.07, 6.45) is 2.16. The fraction of sp³-hybridized carbons (Fsp3) is 0.269. The molecule has 36 heavy (non-hydrogen) atoms. The number of ether oxygens (including phenoxy) is 1. The van der Waals surface area contributed by atoms with Crippen LogP contribution >= 0.6 is 0 Å². The molecule has 2 aliphatic heterocycles. The summed E-state index contributed by atoms with van der Waals surface area (Å²) < 4.78 is 20.7. The first kappa shape index (κ1) is 23.6. The molecule has 186 valence electrons. The number of nitrogens with one attached hydrogen (secondary N) is 1. The lowest BCUT2D eigenvalue weighted by atomic mass is 10.0. The van der Waals surface area contributed by atoms with E-state index >= 15 is 0 Å². The first-order valence-corrected chi connectivity index (χ1v) is 11.8. The Bertz CT molecular complexity index is 1300. The predicted octanol–water partition coefficient (Wildman–Crippen LogP) is 3.09. The Morgan fingerprint density at radius 2 is 1.86 bits per heavy atom. The fourth-order valence-corrected chi connectivity index (χ4v) is 4.79. The molecular weight excluding hydrogens is 463 g/mol. The number of aromatic nitrogens is 2. The van der Waals surface area contributed by atoms with Crippen LogP contribution in [0.4, 0.5) is 10.1 Å². The largest absolute Gasteiger partial charge is 0.457 e. The van der Waals surface area contributed by atoms with Crippen molar-refractivity contribution in [2.24, 2.45) is 5.73 Å². The molecule has 2 aromatic carbocycles. The zero-order valence-corrected chi connectivity index (χ0v) is 19.7. The Hall–Kier alpha value is -4.18. The molecule has 2 aliphatic rings. The Kier molecular flexibility index (Phi) is 6.43. The molecule has 1 aromatic heterocycles. The number of anilines is 1. The summed E-state index contributed by atoms with van der Waals surface area (Å²) in [5.74, 6) is -0.126. The molecule has 10 heteroatoms. The van der Waals surface area contributed by atoms with E-state index in [2.05, 4.69) is 16.8 Å². The normalized spacial score (nSPS) is 17.7. The molecule has 3 N–H and O–H groups in total. The molecule has 3 heterocycles. The van der Waals surface area contributed by atoms with E-state index in [9.17, 15) is 14.0 Å². The molecule has 0 bridgehead atoms. The Morgan fingerprint density at radius 3 is 2.53 bits per heavy atom. The Balaban J connectivity index is 1.41. The number of fused-ring (bicyclic) bond motifs is 1. The molecule has 1 atom stereocenters. The van der Waals surface area contributed by atoms with Gasteiger partial charge in [-0.15, -0.1) is 0 Å². The van der Waals surface area contributed by atoms with Gasteiger partial charge in [0.25, 0.3) is 5.91 Å². The van der Waals surface area contributed by atoms with Gasteiger partial charge < -0.3 is 20.7 Å². The van der Waals surface area contributed by atoms with Gasteiger partial charge in [0, 0.05) is 38.8 Å². The van der Waals surface area contributed by atoms with E-state index in [1.165, 1.54) is 18.2 Å². The third-order valence-corrected chi connectivity index (χ3v) is 6.54. The van der Waals surface area contributed by atoms with E-state index in [-0.39, 0.29) is 23.5 Å². The number of amides is 2. The summed E-state index contributed by atoms with van der Waals surface area (Å²) in [4.78, 5) is 28.5. The van der Waals surface area contributed by atoms with Crippen LogP contribution in [0.3, 0.4) is 0 Å². The van der Waals surface area contributed by atoms with E-state index in [1.807, 2.05) is 0 Å². The maximum absolute atomic E-state index is 13.5. The number of hydrogen-bond acceptors (Lipinski definition) is 6. The first-order chi connectivity index (χ1) is 17.4. The van der Waals surface area contributed by atoms with Crippen LogP contribution in [-0.4, -0.2) is 64.1 Å². The van der Waals surface area contributed by atoms with Crippen molar-refractivity contribution >= 4 is 17.5 Å². The second kappa shape index (κ2) is 9.82. The van der Waals surface area contributed by atoms with Gasteiger partial charge in [0.2, 0.25) is 5.91 Å². The highest BCUT2D eigenvalue weighted by molar-refractivity contribution is 5.98. The molecular formula is C26H27FN6O3. The van der Waals surface area contributed by atoms with Gasteiger partial charge in [-0.25, -0.2) is 9.07 Å². The minimum atomic E-state index is -0.585. The Morgan fingerprint density at radius 1 is 1.11 bits per heavy atom. The highest BCUT2D eigenvalue weighted by Crippen LogP contribution is 2.37. The van der Waals surface area contributed by atoms with Gasteiger partial charge in [0.15, 0.2) is 5.69 Å². The maximum Gasteiger partial charge on any atom is 0.269 e. The smallest absolute Gasteiger partial charge is 0.269 e. The van der Waals surface area contributed by atoms with Crippen molar-refractivity contribution in [3.05, 3.63) is 78.4 Å². The van der Waals surface area contributed by atoms with Crippen molar-refractivity contribution in [3.8, 4) is 17.2 Å². The van der Waals surface area contributed by atoms with Crippen LogP contribution in [0.1, 0.15) is 28.6 Å². The number of halogens is 1. The zero-order chi connectivity index (χ0) is 25.2. The highest BCUT2D eigenvalue weighted by atomic mass is 19.1. The number of nitrogens with zero attached hydrogens (tertiary/aromatic N) is 4. The molecule has 5 rings (SSSR count). The van der Waals surface area contributed by atoms with Crippen molar-refractivity contribution in [2.45, 2.75) is 12.5 Å². The van der Waals surface area contributed by atoms with Gasteiger partial charge in [0.05, 0.1) is 17.4 Å². The van der Waals surface area contributed by atoms with Crippen molar-refractivity contribution in [3.63, 3.8) is 0 Å². The lowest BCUT2D eigenvalue weighted by molar-refractivity contribution is -0.128. The quantitative estimate of drug-likeness (QED) is 0.515. The van der Waals surface area contributed by atoms with Crippen LogP contribution < -0.4 is 15.8 Å². The van der Waals surface area contributed by atoms with Gasteiger partial charge in [-0.2, -0.15) is 5.10 Å². The van der Waals surface area contributed by atoms with Crippen molar-refractivity contribution in [1.82, 2.24) is 19.6 Å². The van der Waals surface area contributed by atoms with Crippen LogP contribution in [0.15, 0.2) is 61.2 Å². The minimum Gasteiger partial charge on any atom is -0.457 e. The molecule has 0 aliphatic carbocycles. The maximum atomic E-state index is 13.5. The van der Waals surface area contributed by atoms with E-state index in [4.69, 9.17) is 15.6 Å². The van der Waals surface area contributed by atoms with E-state index in [1.54, 1.807) is 46.0 Å². The molecule has 0 saturated carbocycles. The van der Waals surface area contributed by atoms with E-state index in [0.717, 1.165) is 12.1 Å². The Labute approximate surface area is 207 Å². The molecule has 2 amide bonds. The van der Waals surface area contributed by atoms with Crippen LogP contribution in [0.25, 0.3) is 5.69 Å². The number of piperazine rings is 1. The monoisotopic (exact) mass is 490 g/mol. The van der Waals surface area contributed by atoms with Crippen LogP contribution in [0.2, 0.25) is 0 Å². The summed E-state index contributed by atoms with van der Waals surface area (Å²) in [6.45, 7) is 6.87. The third-order valence-electron chi connectivity index (χ3n) is 6.54. The molecule has 0 radical (unpaired) electrons. The number of rotatable bonds is 6. The lowest BCUT2D eigenvalue weighted by Gasteiger charge is -2.40. The lowest BCUT2D eigenvalue weighted by Crippen LogP contribution is -2.50. The number of hydrogen-bond donors (Lipinski definition) is 2. The first-order valence-electron chi connectivity index (χ1n) is 11.8. The van der Waals surface area contributed by atoms with E-state index in [0.29, 0.717) is 55.6 Å². The molecule has 0 spiro atoms. The average Bonchev–Trinajstić information content (AvgIpc) is 3.29. The van der Waals surface area contributed by atoms with Crippen molar-refractivity contribution < 1.29 is 18.7 Å². The fourth-order valence-electron chi connectivity index (χ4n) is 4.79. The van der Waals surface area contributed by atoms with E-state index < -0.39 is 5.91 Å². The predicted molar refractivity (Wildman–Crippen MR) is 133 cm³/mol. The van der Waals surface area contributed by atoms with Gasteiger partial charge in [-0.1, -0.05) is 12.6 Å². The van der Waals surface area contributed by atoms with Gasteiger partial charge in [-0.3, -0.25) is 14.5 Å². The number of primary amides is 1. The number of carbonyl (C=O) groups excluding carboxylic acids is 2. The molecule has 1 saturated heterocycles. The van der Waals surface area contributed by atoms with Gasteiger partial charge >= 0.3 is 0 Å². The van der Waals surface area contributed by atoms with Gasteiger partial charge in [-0.05, 0) is 48.9 Å². The van der Waals surface area contributed by atoms with Crippen LogP contribution in [0, 0.1) is 5.82 Å². The number of carbonyl (C=O) groups is 2. The van der Waals surface area contributed by atoms with Crippen LogP contribution in [-0.2, 0) is 4.79 Å². The number of benzene rings is 2. The van der Waals surface area contributed by atoms with Crippen molar-refractivity contribution in [1.29, 1.82) is 0 Å². The summed E-state index contributed by atoms with van der Waals surface area (Å²) in [6, 6.07) is 12.9. The topological polar surface area (TPSA) is 106 Å². The molecule has 1 fully saturated rings. The average molecular weight is 491 g/mol. The minimum absolute atomic E-state index is 0.00262. The zero-order valence-electron chi connectivity index (χ0n) is 19.7.